The van der Waals surface area contributed by atoms with Crippen LogP contribution in [0.3, 0.4) is 0 Å². The van der Waals surface area contributed by atoms with Crippen LogP contribution in [-0.4, -0.2) is 73.8 Å². The van der Waals surface area contributed by atoms with Gasteiger partial charge in [-0.2, -0.15) is 0 Å². The number of carbonyl (C=O) groups is 2. The van der Waals surface area contributed by atoms with Gasteiger partial charge < -0.3 is 19.1 Å². The summed E-state index contributed by atoms with van der Waals surface area (Å²) in [4.78, 5) is 29.9. The summed E-state index contributed by atoms with van der Waals surface area (Å²) in [5, 5.41) is 0. The molecular formula is C24H34N2O5. The lowest BCUT2D eigenvalue weighted by molar-refractivity contribution is -0.138. The highest BCUT2D eigenvalue weighted by Crippen LogP contribution is 2.33. The predicted molar refractivity (Wildman–Crippen MR) is 119 cm³/mol. The van der Waals surface area contributed by atoms with E-state index in [-0.39, 0.29) is 17.9 Å². The van der Waals surface area contributed by atoms with Crippen molar-refractivity contribution < 1.29 is 23.8 Å². The number of unbranched alkanes of at least 4 members (excludes halogenated alkanes) is 1. The average Bonchev–Trinajstić information content (AvgIpc) is 3.01. The molecule has 1 fully saturated rings. The van der Waals surface area contributed by atoms with Gasteiger partial charge >= 0.3 is 0 Å². The molecule has 0 N–H and O–H groups in total. The number of imide groups is 1. The molecule has 0 spiro atoms. The van der Waals surface area contributed by atoms with Crippen molar-refractivity contribution in [2.75, 3.05) is 46.1 Å². The molecule has 170 valence electrons. The third kappa shape index (κ3) is 5.86. The molecule has 0 bridgehead atoms. The fourth-order valence-electron chi connectivity index (χ4n) is 3.75. The summed E-state index contributed by atoms with van der Waals surface area (Å²) in [5.74, 6) is 0.278. The first-order valence-corrected chi connectivity index (χ1v) is 11.3. The van der Waals surface area contributed by atoms with Crippen molar-refractivity contribution in [3.63, 3.8) is 0 Å². The molecule has 1 saturated heterocycles. The Morgan fingerprint density at radius 2 is 1.68 bits per heavy atom. The SMILES string of the molecule is CCCCOCCCN1C(=O)C(c2ccc(OC(C)C)cc2)=C(N2CCOCC2)C1=O. The molecule has 1 aromatic rings. The standard InChI is InChI=1S/C24H34N2O5/c1-4-5-14-29-15-6-11-26-23(27)21(19-7-9-20(10-8-19)31-18(2)3)22(24(26)28)25-12-16-30-17-13-25/h7-10,18H,4-6,11-17H2,1-3H3. The highest BCUT2D eigenvalue weighted by atomic mass is 16.5. The predicted octanol–water partition coefficient (Wildman–Crippen LogP) is 3.09. The minimum absolute atomic E-state index is 0.0682. The largest absolute Gasteiger partial charge is 0.491 e. The summed E-state index contributed by atoms with van der Waals surface area (Å²) >= 11 is 0. The van der Waals surface area contributed by atoms with E-state index in [2.05, 4.69) is 6.92 Å². The highest BCUT2D eigenvalue weighted by molar-refractivity contribution is 6.35. The van der Waals surface area contributed by atoms with Crippen LogP contribution in [0.15, 0.2) is 30.0 Å². The lowest BCUT2D eigenvalue weighted by Gasteiger charge is -2.29. The molecule has 2 heterocycles. The third-order valence-electron chi connectivity index (χ3n) is 5.30. The first kappa shape index (κ1) is 23.3. The Morgan fingerprint density at radius 1 is 1.00 bits per heavy atom. The van der Waals surface area contributed by atoms with Gasteiger partial charge in [-0.25, -0.2) is 0 Å². The van der Waals surface area contributed by atoms with Gasteiger partial charge in [0.2, 0.25) is 0 Å². The van der Waals surface area contributed by atoms with Gasteiger partial charge in [0.05, 0.1) is 24.9 Å². The molecular weight excluding hydrogens is 396 g/mol. The number of nitrogens with zero attached hydrogens (tertiary/aromatic N) is 2. The molecule has 2 amide bonds. The lowest BCUT2D eigenvalue weighted by Crippen LogP contribution is -2.40. The van der Waals surface area contributed by atoms with Gasteiger partial charge in [0, 0.05) is 32.8 Å². The molecule has 31 heavy (non-hydrogen) atoms. The summed E-state index contributed by atoms with van der Waals surface area (Å²) < 4.78 is 16.8. The zero-order chi connectivity index (χ0) is 22.2. The summed E-state index contributed by atoms with van der Waals surface area (Å²) in [5.41, 5.74) is 1.69. The van der Waals surface area contributed by atoms with Gasteiger partial charge in [-0.3, -0.25) is 14.5 Å². The maximum Gasteiger partial charge on any atom is 0.277 e. The van der Waals surface area contributed by atoms with Crippen LogP contribution in [0.5, 0.6) is 5.75 Å². The molecule has 0 aliphatic carbocycles. The van der Waals surface area contributed by atoms with Crippen LogP contribution < -0.4 is 4.74 Å². The van der Waals surface area contributed by atoms with E-state index >= 15 is 0 Å². The second kappa shape index (κ2) is 11.3. The van der Waals surface area contributed by atoms with E-state index in [1.807, 2.05) is 43.0 Å². The average molecular weight is 431 g/mol. The number of benzene rings is 1. The highest BCUT2D eigenvalue weighted by Gasteiger charge is 2.41. The molecule has 3 rings (SSSR count). The lowest BCUT2D eigenvalue weighted by atomic mass is 10.0. The molecule has 0 unspecified atom stereocenters. The maximum absolute atomic E-state index is 13.3. The molecule has 2 aliphatic rings. The molecule has 7 nitrogen and oxygen atoms in total. The second-order valence-corrected chi connectivity index (χ2v) is 8.10. The Kier molecular flexibility index (Phi) is 8.49. The van der Waals surface area contributed by atoms with Gasteiger partial charge in [0.15, 0.2) is 0 Å². The zero-order valence-electron chi connectivity index (χ0n) is 18.9. The molecule has 0 atom stereocenters. The van der Waals surface area contributed by atoms with Crippen LogP contribution in [0.1, 0.15) is 45.6 Å². The Bertz CT molecular complexity index is 782. The van der Waals surface area contributed by atoms with E-state index in [0.717, 1.165) is 24.2 Å². The summed E-state index contributed by atoms with van der Waals surface area (Å²) in [6.07, 6.45) is 2.80. The number of ether oxygens (including phenoxy) is 3. The molecule has 2 aliphatic heterocycles. The second-order valence-electron chi connectivity index (χ2n) is 8.10. The molecule has 0 radical (unpaired) electrons. The molecule has 0 aromatic heterocycles. The fraction of sp³-hybridized carbons (Fsp3) is 0.583. The monoisotopic (exact) mass is 430 g/mol. The quantitative estimate of drug-likeness (QED) is 0.397. The number of amides is 2. The molecule has 7 heteroatoms. The van der Waals surface area contributed by atoms with E-state index in [1.54, 1.807) is 0 Å². The van der Waals surface area contributed by atoms with Gasteiger partial charge in [-0.15, -0.1) is 0 Å². The number of morpholine rings is 1. The number of carbonyl (C=O) groups excluding carboxylic acids is 2. The first-order chi connectivity index (χ1) is 15.0. The number of rotatable bonds is 11. The first-order valence-electron chi connectivity index (χ1n) is 11.3. The third-order valence-corrected chi connectivity index (χ3v) is 5.30. The Balaban J connectivity index is 1.79. The molecule has 0 saturated carbocycles. The van der Waals surface area contributed by atoms with E-state index in [1.165, 1.54) is 4.90 Å². The topological polar surface area (TPSA) is 68.3 Å². The van der Waals surface area contributed by atoms with Crippen LogP contribution in [0.2, 0.25) is 0 Å². The molecule has 1 aromatic carbocycles. The van der Waals surface area contributed by atoms with Gasteiger partial charge in [0.25, 0.3) is 11.8 Å². The van der Waals surface area contributed by atoms with Crippen LogP contribution in [0, 0.1) is 0 Å². The van der Waals surface area contributed by atoms with Crippen molar-refractivity contribution in [1.82, 2.24) is 9.80 Å². The van der Waals surface area contributed by atoms with Crippen molar-refractivity contribution in [3.8, 4) is 5.75 Å². The number of hydrogen-bond donors (Lipinski definition) is 0. The van der Waals surface area contributed by atoms with Crippen molar-refractivity contribution in [1.29, 1.82) is 0 Å². The van der Waals surface area contributed by atoms with Gasteiger partial charge in [-0.05, 0) is 44.4 Å². The van der Waals surface area contributed by atoms with E-state index in [9.17, 15) is 9.59 Å². The maximum atomic E-state index is 13.3. The number of hydrogen-bond acceptors (Lipinski definition) is 6. The van der Waals surface area contributed by atoms with Gasteiger partial charge in [-0.1, -0.05) is 25.5 Å². The van der Waals surface area contributed by atoms with E-state index < -0.39 is 0 Å². The van der Waals surface area contributed by atoms with Crippen LogP contribution in [0.4, 0.5) is 0 Å². The van der Waals surface area contributed by atoms with Crippen molar-refractivity contribution in [2.24, 2.45) is 0 Å². The minimum atomic E-state index is -0.238. The van der Waals surface area contributed by atoms with E-state index in [4.69, 9.17) is 14.2 Å². The summed E-state index contributed by atoms with van der Waals surface area (Å²) in [6, 6.07) is 7.41. The van der Waals surface area contributed by atoms with E-state index in [0.29, 0.717) is 63.8 Å². The Morgan fingerprint density at radius 3 is 2.32 bits per heavy atom. The van der Waals surface area contributed by atoms with Crippen LogP contribution >= 0.6 is 0 Å². The van der Waals surface area contributed by atoms with Crippen LogP contribution in [0.25, 0.3) is 5.57 Å². The summed E-state index contributed by atoms with van der Waals surface area (Å²) in [7, 11) is 0. The van der Waals surface area contributed by atoms with Crippen molar-refractivity contribution >= 4 is 17.4 Å². The fourth-order valence-corrected chi connectivity index (χ4v) is 3.75. The van der Waals surface area contributed by atoms with Crippen LogP contribution in [-0.2, 0) is 19.1 Å². The normalized spacial score (nSPS) is 17.3. The zero-order valence-corrected chi connectivity index (χ0v) is 18.9. The van der Waals surface area contributed by atoms with Crippen molar-refractivity contribution in [3.05, 3.63) is 35.5 Å². The summed E-state index contributed by atoms with van der Waals surface area (Å²) in [6.45, 7) is 9.96. The Hall–Kier alpha value is -2.38. The Labute approximate surface area is 184 Å². The van der Waals surface area contributed by atoms with Crippen molar-refractivity contribution in [2.45, 2.75) is 46.1 Å². The minimum Gasteiger partial charge on any atom is -0.491 e. The smallest absolute Gasteiger partial charge is 0.277 e. The van der Waals surface area contributed by atoms with Gasteiger partial charge in [0.1, 0.15) is 11.4 Å².